The van der Waals surface area contributed by atoms with Gasteiger partial charge in [0.1, 0.15) is 10.7 Å². The first kappa shape index (κ1) is 25.4. The zero-order valence-electron chi connectivity index (χ0n) is 21.2. The molecule has 2 aromatic heterocycles. The van der Waals surface area contributed by atoms with E-state index in [-0.39, 0.29) is 41.4 Å². The third-order valence-corrected chi connectivity index (χ3v) is 8.07. The van der Waals surface area contributed by atoms with Gasteiger partial charge in [0, 0.05) is 18.9 Å². The van der Waals surface area contributed by atoms with Crippen LogP contribution >= 0.6 is 0 Å². The SMILES string of the molecule is Cn1nc(OS(=O)(=O)c2ccccc2)c2c1CN(C(=O)c1cc(Cc3n[nH]c(=O)c4ccccc34)ccc1F)C2. The van der Waals surface area contributed by atoms with Crippen molar-refractivity contribution in [2.75, 3.05) is 0 Å². The predicted octanol–water partition coefficient (Wildman–Crippen LogP) is 3.31. The van der Waals surface area contributed by atoms with Crippen LogP contribution in [-0.2, 0) is 36.7 Å². The third kappa shape index (κ3) is 4.51. The topological polar surface area (TPSA) is 127 Å². The number of nitrogens with zero attached hydrogens (tertiary/aromatic N) is 4. The van der Waals surface area contributed by atoms with Crippen molar-refractivity contribution in [1.82, 2.24) is 24.9 Å². The summed E-state index contributed by atoms with van der Waals surface area (Å²) >= 11 is 0. The molecule has 0 unspecified atom stereocenters. The number of aromatic amines is 1. The fourth-order valence-electron chi connectivity index (χ4n) is 4.83. The molecule has 0 radical (unpaired) electrons. The Hall–Kier alpha value is -4.84. The van der Waals surface area contributed by atoms with Gasteiger partial charge in [0.2, 0.25) is 0 Å². The Labute approximate surface area is 227 Å². The lowest BCUT2D eigenvalue weighted by Gasteiger charge is -2.17. The van der Waals surface area contributed by atoms with Gasteiger partial charge in [-0.25, -0.2) is 9.49 Å². The minimum absolute atomic E-state index is 0.00255. The van der Waals surface area contributed by atoms with E-state index >= 15 is 0 Å². The Bertz CT molecular complexity index is 1950. The Morgan fingerprint density at radius 3 is 2.52 bits per heavy atom. The molecule has 40 heavy (non-hydrogen) atoms. The van der Waals surface area contributed by atoms with E-state index in [2.05, 4.69) is 15.3 Å². The highest BCUT2D eigenvalue weighted by Crippen LogP contribution is 2.33. The van der Waals surface area contributed by atoms with E-state index in [4.69, 9.17) is 4.18 Å². The molecule has 12 heteroatoms. The van der Waals surface area contributed by atoms with Gasteiger partial charge in [-0.2, -0.15) is 13.5 Å². The van der Waals surface area contributed by atoms with Crippen LogP contribution in [0.1, 0.15) is 32.9 Å². The number of H-pyrrole nitrogens is 1. The van der Waals surface area contributed by atoms with Crippen LogP contribution in [0.5, 0.6) is 5.88 Å². The second-order valence-electron chi connectivity index (χ2n) is 9.40. The maximum Gasteiger partial charge on any atom is 0.340 e. The minimum Gasteiger partial charge on any atom is -0.356 e. The number of fused-ring (bicyclic) bond motifs is 2. The Morgan fingerprint density at radius 1 is 1.02 bits per heavy atom. The number of carbonyl (C=O) groups is 1. The highest BCUT2D eigenvalue weighted by molar-refractivity contribution is 7.87. The van der Waals surface area contributed by atoms with Crippen LogP contribution in [0, 0.1) is 5.82 Å². The lowest BCUT2D eigenvalue weighted by Crippen LogP contribution is -2.27. The summed E-state index contributed by atoms with van der Waals surface area (Å²) < 4.78 is 47.2. The quantitative estimate of drug-likeness (QED) is 0.316. The Balaban J connectivity index is 1.25. The standard InChI is InChI=1S/C28H22FN5O5S/c1-33-25-16-34(15-22(25)27(32-33)39-40(37,38)18-7-3-2-4-8-18)28(36)21-13-17(11-12-23(21)29)14-24-19-9-5-6-10-20(19)26(35)31-30-24/h2-13H,14-16H2,1H3,(H,31,35). The first-order valence-corrected chi connectivity index (χ1v) is 13.7. The van der Waals surface area contributed by atoms with Crippen molar-refractivity contribution in [3.63, 3.8) is 0 Å². The molecule has 0 saturated heterocycles. The molecule has 6 rings (SSSR count). The lowest BCUT2D eigenvalue weighted by molar-refractivity contribution is 0.0743. The third-order valence-electron chi connectivity index (χ3n) is 6.84. The highest BCUT2D eigenvalue weighted by Gasteiger charge is 2.34. The normalized spacial score (nSPS) is 13.0. The second kappa shape index (κ2) is 9.72. The van der Waals surface area contributed by atoms with Gasteiger partial charge in [-0.3, -0.25) is 14.3 Å². The molecule has 0 spiro atoms. The predicted molar refractivity (Wildman–Crippen MR) is 143 cm³/mol. The Kier molecular flexibility index (Phi) is 6.18. The second-order valence-corrected chi connectivity index (χ2v) is 10.9. The van der Waals surface area contributed by atoms with Gasteiger partial charge < -0.3 is 9.08 Å². The number of carbonyl (C=O) groups excluding carboxylic acids is 1. The largest absolute Gasteiger partial charge is 0.356 e. The maximum atomic E-state index is 14.9. The summed E-state index contributed by atoms with van der Waals surface area (Å²) in [6.07, 6.45) is 0.261. The number of nitrogens with one attached hydrogen (secondary N) is 1. The molecule has 5 aromatic rings. The van der Waals surface area contributed by atoms with Crippen molar-refractivity contribution in [3.8, 4) is 5.88 Å². The van der Waals surface area contributed by atoms with E-state index in [1.807, 2.05) is 0 Å². The number of aryl methyl sites for hydroxylation is 1. The van der Waals surface area contributed by atoms with E-state index in [0.29, 0.717) is 33.3 Å². The molecule has 0 saturated carbocycles. The van der Waals surface area contributed by atoms with Gasteiger partial charge in [0.25, 0.3) is 17.3 Å². The molecule has 1 amide bonds. The molecule has 202 valence electrons. The van der Waals surface area contributed by atoms with Gasteiger partial charge in [0.05, 0.1) is 41.0 Å². The van der Waals surface area contributed by atoms with Crippen LogP contribution in [-0.4, -0.2) is 39.2 Å². The fourth-order valence-corrected chi connectivity index (χ4v) is 5.75. The first-order chi connectivity index (χ1) is 19.2. The number of hydrogen-bond acceptors (Lipinski definition) is 7. The first-order valence-electron chi connectivity index (χ1n) is 12.3. The molecule has 0 bridgehead atoms. The summed E-state index contributed by atoms with van der Waals surface area (Å²) in [5.74, 6) is -1.38. The van der Waals surface area contributed by atoms with Gasteiger partial charge in [-0.15, -0.1) is 5.10 Å². The van der Waals surface area contributed by atoms with Crippen LogP contribution in [0.2, 0.25) is 0 Å². The van der Waals surface area contributed by atoms with Crippen molar-refractivity contribution in [3.05, 3.63) is 117 Å². The van der Waals surface area contributed by atoms with Crippen LogP contribution in [0.3, 0.4) is 0 Å². The molecule has 3 heterocycles. The van der Waals surface area contributed by atoms with Gasteiger partial charge in [0.15, 0.2) is 0 Å². The molecule has 10 nitrogen and oxygen atoms in total. The van der Waals surface area contributed by atoms with E-state index in [0.717, 1.165) is 0 Å². The van der Waals surface area contributed by atoms with E-state index < -0.39 is 21.8 Å². The molecule has 0 fully saturated rings. The van der Waals surface area contributed by atoms with Crippen molar-refractivity contribution in [2.45, 2.75) is 24.4 Å². The van der Waals surface area contributed by atoms with Crippen LogP contribution in [0.15, 0.2) is 82.5 Å². The summed E-state index contributed by atoms with van der Waals surface area (Å²) in [5, 5.41) is 12.0. The summed E-state index contributed by atoms with van der Waals surface area (Å²) in [6.45, 7) is 0.0969. The molecular weight excluding hydrogens is 537 g/mol. The molecule has 0 aliphatic carbocycles. The maximum absolute atomic E-state index is 14.9. The number of rotatable bonds is 6. The zero-order valence-corrected chi connectivity index (χ0v) is 22.0. The summed E-state index contributed by atoms with van der Waals surface area (Å²) in [5.41, 5.74) is 1.80. The summed E-state index contributed by atoms with van der Waals surface area (Å²) in [6, 6.07) is 19.0. The summed E-state index contributed by atoms with van der Waals surface area (Å²) in [7, 11) is -2.52. The number of aromatic nitrogens is 4. The molecule has 1 N–H and O–H groups in total. The van der Waals surface area contributed by atoms with E-state index in [1.54, 1.807) is 55.6 Å². The minimum atomic E-state index is -4.14. The molecule has 1 aliphatic rings. The molecule has 3 aromatic carbocycles. The van der Waals surface area contributed by atoms with Crippen LogP contribution < -0.4 is 9.74 Å². The van der Waals surface area contributed by atoms with Gasteiger partial charge in [-0.05, 0) is 35.9 Å². The average molecular weight is 560 g/mol. The Morgan fingerprint density at radius 2 is 1.75 bits per heavy atom. The van der Waals surface area contributed by atoms with Gasteiger partial charge >= 0.3 is 10.1 Å². The lowest BCUT2D eigenvalue weighted by atomic mass is 10.0. The zero-order chi connectivity index (χ0) is 28.0. The summed E-state index contributed by atoms with van der Waals surface area (Å²) in [4.78, 5) is 27.0. The molecule has 0 atom stereocenters. The van der Waals surface area contributed by atoms with E-state index in [9.17, 15) is 22.4 Å². The molecule has 1 aliphatic heterocycles. The number of halogens is 1. The fraction of sp³-hybridized carbons (Fsp3) is 0.143. The number of amides is 1. The number of benzene rings is 3. The smallest absolute Gasteiger partial charge is 0.340 e. The highest BCUT2D eigenvalue weighted by atomic mass is 32.2. The average Bonchev–Trinajstić information content (AvgIpc) is 3.52. The van der Waals surface area contributed by atoms with Gasteiger partial charge in [-0.1, -0.05) is 42.5 Å². The van der Waals surface area contributed by atoms with Crippen LogP contribution in [0.4, 0.5) is 4.39 Å². The number of hydrogen-bond donors (Lipinski definition) is 1. The van der Waals surface area contributed by atoms with Crippen molar-refractivity contribution in [1.29, 1.82) is 0 Å². The molecular formula is C28H22FN5O5S. The van der Waals surface area contributed by atoms with Crippen LogP contribution in [0.25, 0.3) is 10.8 Å². The van der Waals surface area contributed by atoms with Crippen molar-refractivity contribution in [2.24, 2.45) is 7.05 Å². The van der Waals surface area contributed by atoms with E-state index in [1.165, 1.54) is 33.8 Å². The van der Waals surface area contributed by atoms with Crippen molar-refractivity contribution >= 4 is 26.8 Å². The van der Waals surface area contributed by atoms with Crippen molar-refractivity contribution < 1.29 is 21.8 Å². The monoisotopic (exact) mass is 559 g/mol.